The highest BCUT2D eigenvalue weighted by Gasteiger charge is 2.30. The first-order valence-electron chi connectivity index (χ1n) is 14.0. The molecule has 0 spiro atoms. The molecule has 0 aromatic carbocycles. The normalized spacial score (nSPS) is 14.0. The lowest BCUT2D eigenvalue weighted by Crippen LogP contribution is -2.28. The zero-order valence-electron chi connectivity index (χ0n) is 22.9. The first kappa shape index (κ1) is 34.3. The summed E-state index contributed by atoms with van der Waals surface area (Å²) in [6.45, 7) is 2.24. The van der Waals surface area contributed by atoms with E-state index in [1.807, 2.05) is 0 Å². The summed E-state index contributed by atoms with van der Waals surface area (Å²) in [6.07, 6.45) is 31.9. The van der Waals surface area contributed by atoms with Crippen LogP contribution in [0.3, 0.4) is 0 Å². The van der Waals surface area contributed by atoms with Gasteiger partial charge in [0.05, 0.1) is 0 Å². The van der Waals surface area contributed by atoms with E-state index in [1.54, 1.807) is 0 Å². The van der Waals surface area contributed by atoms with Crippen LogP contribution in [0, 0.1) is 0 Å². The highest BCUT2D eigenvalue weighted by molar-refractivity contribution is 8.08. The summed E-state index contributed by atoms with van der Waals surface area (Å²) in [7, 11) is -7.13. The molecule has 0 heterocycles. The number of nitrogens with two attached hydrogens (primary N) is 1. The van der Waals surface area contributed by atoms with Gasteiger partial charge in [-0.1, -0.05) is 102 Å². The molecule has 0 aliphatic rings. The molecule has 0 aromatic heterocycles. The molecule has 7 heteroatoms. The molecule has 35 heavy (non-hydrogen) atoms. The van der Waals surface area contributed by atoms with Crippen LogP contribution in [0.2, 0.25) is 0 Å². The van der Waals surface area contributed by atoms with E-state index in [9.17, 15) is 16.8 Å². The molecule has 2 N–H and O–H groups in total. The minimum atomic E-state index is -3.57. The molecule has 0 aliphatic heterocycles. The minimum Gasteiger partial charge on any atom is -0.328 e. The van der Waals surface area contributed by atoms with Crippen molar-refractivity contribution in [1.82, 2.24) is 0 Å². The van der Waals surface area contributed by atoms with Crippen LogP contribution < -0.4 is 5.73 Å². The molecule has 0 rings (SSSR count). The lowest BCUT2D eigenvalue weighted by molar-refractivity contribution is 0.483. The summed E-state index contributed by atoms with van der Waals surface area (Å²) in [5.74, 6) is 0. The highest BCUT2D eigenvalue weighted by atomic mass is 32.3. The van der Waals surface area contributed by atoms with E-state index in [-0.39, 0.29) is 12.5 Å². The first-order chi connectivity index (χ1) is 16.6. The van der Waals surface area contributed by atoms with Gasteiger partial charge in [0, 0.05) is 18.6 Å². The van der Waals surface area contributed by atoms with Crippen LogP contribution >= 0.6 is 0 Å². The van der Waals surface area contributed by atoms with E-state index in [0.717, 1.165) is 57.5 Å². The molecule has 0 aliphatic carbocycles. The van der Waals surface area contributed by atoms with Gasteiger partial charge in [-0.2, -0.15) is 0 Å². The molecule has 208 valence electrons. The summed E-state index contributed by atoms with van der Waals surface area (Å²) < 4.78 is 45.4. The largest absolute Gasteiger partial charge is 0.328 e. The van der Waals surface area contributed by atoms with E-state index in [2.05, 4.69) is 31.2 Å². The van der Waals surface area contributed by atoms with Crippen molar-refractivity contribution in [3.63, 3.8) is 0 Å². The van der Waals surface area contributed by atoms with Gasteiger partial charge in [-0.15, -0.1) is 0 Å². The van der Waals surface area contributed by atoms with Crippen molar-refractivity contribution in [2.75, 3.05) is 12.5 Å². The van der Waals surface area contributed by atoms with Gasteiger partial charge in [0.1, 0.15) is 0 Å². The second-order valence-electron chi connectivity index (χ2n) is 10.2. The highest BCUT2D eigenvalue weighted by Crippen LogP contribution is 2.18. The van der Waals surface area contributed by atoms with Crippen molar-refractivity contribution in [3.05, 3.63) is 24.3 Å². The standard InChI is InChI=1S/C28H55NO4S2/c1-4-5-6-7-8-9-10-11-12-13-14-15-16-18-21-24-27(29)25-22-19-17-20-23-26-28(34(2,30)31)35(3,32)33/h8-9,11-12,27-28H,4-7,10,13-26,29H2,1-3H3. The lowest BCUT2D eigenvalue weighted by atomic mass is 10.0. The van der Waals surface area contributed by atoms with Crippen molar-refractivity contribution in [1.29, 1.82) is 0 Å². The third-order valence-corrected chi connectivity index (χ3v) is 11.0. The Morgan fingerprint density at radius 1 is 0.571 bits per heavy atom. The van der Waals surface area contributed by atoms with Crippen LogP contribution in [-0.4, -0.2) is 40.0 Å². The fourth-order valence-corrected chi connectivity index (χ4v) is 8.09. The molecule has 1 unspecified atom stereocenters. The molecule has 5 nitrogen and oxygen atoms in total. The second kappa shape index (κ2) is 21.4. The van der Waals surface area contributed by atoms with E-state index in [0.29, 0.717) is 6.42 Å². The fraction of sp³-hybridized carbons (Fsp3) is 0.857. The Morgan fingerprint density at radius 3 is 1.43 bits per heavy atom. The quantitative estimate of drug-likeness (QED) is 0.104. The van der Waals surface area contributed by atoms with E-state index < -0.39 is 24.3 Å². The van der Waals surface area contributed by atoms with E-state index in [1.165, 1.54) is 64.2 Å². The van der Waals surface area contributed by atoms with Crippen molar-refractivity contribution >= 4 is 19.7 Å². The van der Waals surface area contributed by atoms with Crippen LogP contribution in [0.25, 0.3) is 0 Å². The summed E-state index contributed by atoms with van der Waals surface area (Å²) in [6, 6.07) is 0.271. The number of hydrogen-bond donors (Lipinski definition) is 1. The van der Waals surface area contributed by atoms with E-state index in [4.69, 9.17) is 5.73 Å². The Bertz CT molecular complexity index is 726. The predicted molar refractivity (Wildman–Crippen MR) is 153 cm³/mol. The Morgan fingerprint density at radius 2 is 0.971 bits per heavy atom. The molecule has 0 radical (unpaired) electrons. The monoisotopic (exact) mass is 533 g/mol. The van der Waals surface area contributed by atoms with Crippen molar-refractivity contribution in [2.45, 2.75) is 140 Å². The summed E-state index contributed by atoms with van der Waals surface area (Å²) >= 11 is 0. The van der Waals surface area contributed by atoms with Gasteiger partial charge < -0.3 is 5.73 Å². The van der Waals surface area contributed by atoms with Crippen LogP contribution in [0.1, 0.15) is 129 Å². The Labute approximate surface area is 218 Å². The average Bonchev–Trinajstić information content (AvgIpc) is 2.76. The minimum absolute atomic E-state index is 0.198. The van der Waals surface area contributed by atoms with Crippen LogP contribution in [0.5, 0.6) is 0 Å². The SMILES string of the molecule is CCCCCC=CCC=CCCCCCCCC(N)CCCCCCCC(S(C)(=O)=O)S(C)(=O)=O. The summed E-state index contributed by atoms with van der Waals surface area (Å²) in [5, 5.41) is 0. The smallest absolute Gasteiger partial charge is 0.164 e. The van der Waals surface area contributed by atoms with E-state index >= 15 is 0 Å². The molecule has 0 amide bonds. The van der Waals surface area contributed by atoms with Gasteiger partial charge in [0.15, 0.2) is 24.3 Å². The molecule has 0 saturated carbocycles. The Kier molecular flexibility index (Phi) is 21.0. The summed E-state index contributed by atoms with van der Waals surface area (Å²) in [5.41, 5.74) is 6.26. The molecule has 0 bridgehead atoms. The molecule has 0 saturated heterocycles. The van der Waals surface area contributed by atoms with Gasteiger partial charge in [-0.3, -0.25) is 0 Å². The van der Waals surface area contributed by atoms with Gasteiger partial charge in [0.2, 0.25) is 0 Å². The van der Waals surface area contributed by atoms with Gasteiger partial charge >= 0.3 is 0 Å². The predicted octanol–water partition coefficient (Wildman–Crippen LogP) is 7.27. The van der Waals surface area contributed by atoms with Gasteiger partial charge in [-0.25, -0.2) is 16.8 Å². The Balaban J connectivity index is 3.55. The van der Waals surface area contributed by atoms with Crippen LogP contribution in [-0.2, 0) is 19.7 Å². The zero-order valence-corrected chi connectivity index (χ0v) is 24.6. The number of rotatable bonds is 24. The molecule has 1 atom stereocenters. The maximum Gasteiger partial charge on any atom is 0.164 e. The number of hydrogen-bond acceptors (Lipinski definition) is 5. The van der Waals surface area contributed by atoms with Gasteiger partial charge in [0.25, 0.3) is 0 Å². The fourth-order valence-electron chi connectivity index (χ4n) is 4.36. The van der Waals surface area contributed by atoms with Crippen LogP contribution in [0.4, 0.5) is 0 Å². The zero-order chi connectivity index (χ0) is 26.4. The number of allylic oxidation sites excluding steroid dienone is 4. The molecule has 0 aromatic rings. The lowest BCUT2D eigenvalue weighted by Gasteiger charge is -2.13. The first-order valence-corrected chi connectivity index (χ1v) is 17.9. The summed E-state index contributed by atoms with van der Waals surface area (Å²) in [4.78, 5) is 0. The number of unbranched alkanes of at least 4 members (excludes halogenated alkanes) is 12. The third-order valence-electron chi connectivity index (χ3n) is 6.50. The maximum atomic E-state index is 11.7. The topological polar surface area (TPSA) is 94.3 Å². The maximum absolute atomic E-state index is 11.7. The third kappa shape index (κ3) is 22.3. The van der Waals surface area contributed by atoms with Crippen molar-refractivity contribution < 1.29 is 16.8 Å². The second-order valence-corrected chi connectivity index (χ2v) is 15.0. The van der Waals surface area contributed by atoms with Crippen molar-refractivity contribution in [3.8, 4) is 0 Å². The molecular formula is C28H55NO4S2. The number of sulfone groups is 2. The molecule has 0 fully saturated rings. The van der Waals surface area contributed by atoms with Crippen LogP contribution in [0.15, 0.2) is 24.3 Å². The van der Waals surface area contributed by atoms with Gasteiger partial charge in [-0.05, 0) is 51.4 Å². The van der Waals surface area contributed by atoms with Crippen molar-refractivity contribution in [2.24, 2.45) is 5.73 Å². The molecular weight excluding hydrogens is 478 g/mol. The average molecular weight is 534 g/mol. The Hall–Kier alpha value is -0.660.